The zero-order chi connectivity index (χ0) is 19.7. The number of thiocarbonyl (C=S) groups is 1. The number of nitrogens with zero attached hydrogens (tertiary/aromatic N) is 1. The van der Waals surface area contributed by atoms with Gasteiger partial charge in [0.25, 0.3) is 5.91 Å². The molecule has 0 unspecified atom stereocenters. The zero-order valence-electron chi connectivity index (χ0n) is 14.6. The molecule has 1 amide bonds. The van der Waals surface area contributed by atoms with Crippen LogP contribution >= 0.6 is 24.0 Å². The third kappa shape index (κ3) is 3.46. The van der Waals surface area contributed by atoms with E-state index in [2.05, 4.69) is 0 Å². The van der Waals surface area contributed by atoms with Crippen LogP contribution in [0, 0.1) is 0 Å². The molecule has 2 aliphatic rings. The first-order chi connectivity index (χ1) is 13.5. The van der Waals surface area contributed by atoms with Crippen molar-refractivity contribution in [2.75, 3.05) is 6.61 Å². The Bertz CT molecular complexity index is 1030. The van der Waals surface area contributed by atoms with E-state index in [0.717, 1.165) is 28.6 Å². The Morgan fingerprint density at radius 2 is 1.89 bits per heavy atom. The summed E-state index contributed by atoms with van der Waals surface area (Å²) < 4.78 is 5.94. The van der Waals surface area contributed by atoms with E-state index in [-0.39, 0.29) is 4.32 Å². The Labute approximate surface area is 171 Å². The van der Waals surface area contributed by atoms with Gasteiger partial charge in [0.2, 0.25) is 0 Å². The fourth-order valence-electron chi connectivity index (χ4n) is 3.13. The van der Waals surface area contributed by atoms with Crippen LogP contribution in [0.25, 0.3) is 6.08 Å². The Morgan fingerprint density at radius 3 is 2.64 bits per heavy atom. The molecule has 4 rings (SSSR count). The smallest absolute Gasteiger partial charge is 0.331 e. The molecule has 0 spiro atoms. The summed E-state index contributed by atoms with van der Waals surface area (Å²) in [6.45, 7) is 0.335. The summed E-state index contributed by atoms with van der Waals surface area (Å²) in [6.07, 6.45) is 3.68. The summed E-state index contributed by atoms with van der Waals surface area (Å²) >= 11 is 6.44. The number of aliphatic carboxylic acids is 1. The Hall–Kier alpha value is -2.90. The van der Waals surface area contributed by atoms with Gasteiger partial charge in [0, 0.05) is 5.56 Å². The number of amides is 1. The van der Waals surface area contributed by atoms with Gasteiger partial charge in [-0.25, -0.2) is 4.79 Å². The lowest BCUT2D eigenvalue weighted by Crippen LogP contribution is -2.37. The molecule has 2 aromatic carbocycles. The molecule has 2 aromatic rings. The third-order valence-electron chi connectivity index (χ3n) is 4.40. The molecule has 0 aliphatic carbocycles. The van der Waals surface area contributed by atoms with Crippen LogP contribution in [0.1, 0.15) is 17.2 Å². The van der Waals surface area contributed by atoms with Gasteiger partial charge in [0.15, 0.2) is 6.04 Å². The first kappa shape index (κ1) is 18.5. The second-order valence-corrected chi connectivity index (χ2v) is 7.92. The van der Waals surface area contributed by atoms with Crippen molar-refractivity contribution in [2.24, 2.45) is 0 Å². The highest BCUT2D eigenvalue weighted by molar-refractivity contribution is 8.26. The fraction of sp³-hybridized carbons (Fsp3) is 0.0952. The summed E-state index contributed by atoms with van der Waals surface area (Å²) in [4.78, 5) is 26.4. The van der Waals surface area contributed by atoms with E-state index in [1.54, 1.807) is 36.4 Å². The quantitative estimate of drug-likeness (QED) is 0.607. The number of carbonyl (C=O) groups is 2. The van der Waals surface area contributed by atoms with Crippen LogP contribution in [0.2, 0.25) is 0 Å². The molecule has 1 N–H and O–H groups in total. The van der Waals surface area contributed by atoms with E-state index < -0.39 is 17.9 Å². The van der Waals surface area contributed by atoms with E-state index in [4.69, 9.17) is 17.0 Å². The van der Waals surface area contributed by atoms with Gasteiger partial charge >= 0.3 is 5.97 Å². The molecule has 1 atom stereocenters. The summed E-state index contributed by atoms with van der Waals surface area (Å²) in [5.74, 6) is -0.744. The molecule has 1 saturated heterocycles. The van der Waals surface area contributed by atoms with Crippen LogP contribution in [0.4, 0.5) is 0 Å². The summed E-state index contributed by atoms with van der Waals surface area (Å²) in [5, 5.41) is 9.73. The highest BCUT2D eigenvalue weighted by atomic mass is 32.2. The van der Waals surface area contributed by atoms with Crippen LogP contribution in [0.15, 0.2) is 71.2 Å². The van der Waals surface area contributed by atoms with Gasteiger partial charge in [-0.2, -0.15) is 0 Å². The molecule has 2 aliphatic heterocycles. The highest BCUT2D eigenvalue weighted by Crippen LogP contribution is 2.38. The molecule has 0 bridgehead atoms. The topological polar surface area (TPSA) is 66.8 Å². The van der Waals surface area contributed by atoms with Gasteiger partial charge in [-0.05, 0) is 29.4 Å². The molecule has 1 fully saturated rings. The number of carboxylic acid groups (broad SMARTS) is 1. The maximum Gasteiger partial charge on any atom is 0.331 e. The van der Waals surface area contributed by atoms with Gasteiger partial charge < -0.3 is 9.84 Å². The molecule has 28 heavy (non-hydrogen) atoms. The molecule has 0 aromatic heterocycles. The average molecular weight is 409 g/mol. The van der Waals surface area contributed by atoms with Crippen LogP contribution in [0.3, 0.4) is 0 Å². The maximum atomic E-state index is 13.0. The lowest BCUT2D eigenvalue weighted by atomic mass is 10.1. The third-order valence-corrected chi connectivity index (χ3v) is 5.73. The number of benzene rings is 2. The zero-order valence-corrected chi connectivity index (χ0v) is 16.2. The molecule has 2 heterocycles. The van der Waals surface area contributed by atoms with E-state index in [0.29, 0.717) is 17.1 Å². The lowest BCUT2D eigenvalue weighted by molar-refractivity contribution is -0.145. The predicted octanol–water partition coefficient (Wildman–Crippen LogP) is 4.03. The van der Waals surface area contributed by atoms with Gasteiger partial charge in [-0.1, -0.05) is 72.5 Å². The normalized spacial score (nSPS) is 18.5. The van der Waals surface area contributed by atoms with Crippen LogP contribution in [0.5, 0.6) is 5.75 Å². The predicted molar refractivity (Wildman–Crippen MR) is 112 cm³/mol. The standard InChI is InChI=1S/C21H15NO4S2/c23-19-17(11-13-10-15-8-4-5-9-16(15)26-12-13)28-21(27)22(19)18(20(24)25)14-6-2-1-3-7-14/h1-11,18H,12H2,(H,24,25)/b17-11-/t18-/m1/s1. The number of fused-ring (bicyclic) bond motifs is 1. The number of thioether (sulfide) groups is 1. The van der Waals surface area contributed by atoms with Crippen molar-refractivity contribution in [3.63, 3.8) is 0 Å². The van der Waals surface area contributed by atoms with Crippen molar-refractivity contribution in [2.45, 2.75) is 6.04 Å². The Kier molecular flexibility index (Phi) is 5.02. The Balaban J connectivity index is 1.65. The number of carboxylic acids is 1. The van der Waals surface area contributed by atoms with Gasteiger partial charge in [0.1, 0.15) is 16.7 Å². The van der Waals surface area contributed by atoms with E-state index >= 15 is 0 Å². The van der Waals surface area contributed by atoms with Crippen LogP contribution < -0.4 is 4.74 Å². The minimum Gasteiger partial charge on any atom is -0.488 e. The van der Waals surface area contributed by atoms with Gasteiger partial charge in [-0.3, -0.25) is 9.69 Å². The number of carbonyl (C=O) groups excluding carboxylic acids is 1. The average Bonchev–Trinajstić information content (AvgIpc) is 2.96. The van der Waals surface area contributed by atoms with E-state index in [1.165, 1.54) is 4.90 Å². The molecule has 0 saturated carbocycles. The minimum atomic E-state index is -1.16. The fourth-order valence-corrected chi connectivity index (χ4v) is 4.45. The molecular formula is C21H15NO4S2. The number of para-hydroxylation sites is 1. The first-order valence-corrected chi connectivity index (χ1v) is 9.74. The lowest BCUT2D eigenvalue weighted by Gasteiger charge is -2.23. The second kappa shape index (κ2) is 7.61. The van der Waals surface area contributed by atoms with Crippen molar-refractivity contribution in [3.05, 3.63) is 82.3 Å². The number of ether oxygens (including phenoxy) is 1. The van der Waals surface area contributed by atoms with Crippen molar-refractivity contribution < 1.29 is 19.4 Å². The summed E-state index contributed by atoms with van der Waals surface area (Å²) in [5.41, 5.74) is 2.26. The molecular weight excluding hydrogens is 394 g/mol. The SMILES string of the molecule is O=C(O)[C@@H](c1ccccc1)N1C(=O)/C(=C/C2=Cc3ccccc3OC2)SC1=S. The maximum absolute atomic E-state index is 13.0. The monoisotopic (exact) mass is 409 g/mol. The summed E-state index contributed by atoms with van der Waals surface area (Å²) in [7, 11) is 0. The van der Waals surface area contributed by atoms with Crippen molar-refractivity contribution in [1.82, 2.24) is 4.90 Å². The van der Waals surface area contributed by atoms with Crippen molar-refractivity contribution in [1.29, 1.82) is 0 Å². The van der Waals surface area contributed by atoms with Crippen molar-refractivity contribution >= 4 is 46.3 Å². The van der Waals surface area contributed by atoms with Crippen LogP contribution in [-0.4, -0.2) is 32.8 Å². The second-order valence-electron chi connectivity index (χ2n) is 6.25. The first-order valence-electron chi connectivity index (χ1n) is 8.52. The van der Waals surface area contributed by atoms with Crippen molar-refractivity contribution in [3.8, 4) is 5.75 Å². The molecule has 0 radical (unpaired) electrons. The van der Waals surface area contributed by atoms with E-state index in [1.807, 2.05) is 30.3 Å². The Morgan fingerprint density at radius 1 is 1.18 bits per heavy atom. The van der Waals surface area contributed by atoms with Gasteiger partial charge in [-0.15, -0.1) is 0 Å². The molecule has 7 heteroatoms. The largest absolute Gasteiger partial charge is 0.488 e. The molecule has 140 valence electrons. The number of hydrogen-bond donors (Lipinski definition) is 1. The van der Waals surface area contributed by atoms with Gasteiger partial charge in [0.05, 0.1) is 4.91 Å². The minimum absolute atomic E-state index is 0.227. The number of rotatable bonds is 4. The van der Waals surface area contributed by atoms with Crippen LogP contribution in [-0.2, 0) is 9.59 Å². The molecule has 5 nitrogen and oxygen atoms in total. The summed E-state index contributed by atoms with van der Waals surface area (Å²) in [6, 6.07) is 15.1. The highest BCUT2D eigenvalue weighted by Gasteiger charge is 2.41. The number of hydrogen-bond acceptors (Lipinski definition) is 5. The van der Waals surface area contributed by atoms with E-state index in [9.17, 15) is 14.7 Å².